The highest BCUT2D eigenvalue weighted by atomic mass is 15.2. The topological polar surface area (TPSA) is 53.0 Å². The summed E-state index contributed by atoms with van der Waals surface area (Å²) in [6.45, 7) is 5.60. The van der Waals surface area contributed by atoms with Crippen molar-refractivity contribution in [1.82, 2.24) is 0 Å². The molecule has 1 aliphatic rings. The molecule has 0 spiro atoms. The van der Waals surface area contributed by atoms with Gasteiger partial charge >= 0.3 is 0 Å². The minimum absolute atomic E-state index is 0.513. The first kappa shape index (κ1) is 11.8. The van der Waals surface area contributed by atoms with Crippen LogP contribution in [0.4, 0.5) is 11.4 Å². The van der Waals surface area contributed by atoms with Crippen molar-refractivity contribution in [3.8, 4) is 6.07 Å². The van der Waals surface area contributed by atoms with Crippen LogP contribution in [0.2, 0.25) is 0 Å². The van der Waals surface area contributed by atoms with Crippen LogP contribution < -0.4 is 10.6 Å². The van der Waals surface area contributed by atoms with E-state index in [2.05, 4.69) is 24.8 Å². The zero-order valence-electron chi connectivity index (χ0n) is 10.5. The standard InChI is InChI=1S/C14H19N3/c1-10-4-3-7-17(11(10)2)14-6-5-12(9-15)8-13(14)16/h5-6,8,10-11H,3-4,7,16H2,1-2H3. The van der Waals surface area contributed by atoms with Crippen LogP contribution in [0.25, 0.3) is 0 Å². The molecule has 1 aromatic rings. The molecule has 1 heterocycles. The second-order valence-electron chi connectivity index (χ2n) is 4.94. The molecule has 1 saturated heterocycles. The van der Waals surface area contributed by atoms with E-state index in [0.29, 0.717) is 23.2 Å². The van der Waals surface area contributed by atoms with Crippen molar-refractivity contribution in [2.75, 3.05) is 17.2 Å². The molecule has 0 aliphatic carbocycles. The molecule has 1 aromatic carbocycles. The van der Waals surface area contributed by atoms with Gasteiger partial charge < -0.3 is 10.6 Å². The summed E-state index contributed by atoms with van der Waals surface area (Å²) in [7, 11) is 0. The number of nitrogen functional groups attached to an aromatic ring is 1. The summed E-state index contributed by atoms with van der Waals surface area (Å²) in [6.07, 6.45) is 2.50. The molecule has 0 aromatic heterocycles. The molecule has 0 bridgehead atoms. The van der Waals surface area contributed by atoms with Crippen LogP contribution in [-0.2, 0) is 0 Å². The third-order valence-electron chi connectivity index (χ3n) is 3.84. The van der Waals surface area contributed by atoms with Crippen LogP contribution in [0.3, 0.4) is 0 Å². The number of nitrogens with zero attached hydrogens (tertiary/aromatic N) is 2. The Balaban J connectivity index is 2.31. The summed E-state index contributed by atoms with van der Waals surface area (Å²) in [5, 5.41) is 8.84. The second kappa shape index (κ2) is 4.67. The van der Waals surface area contributed by atoms with Gasteiger partial charge in [0.1, 0.15) is 0 Å². The van der Waals surface area contributed by atoms with E-state index in [9.17, 15) is 0 Å². The molecule has 2 atom stereocenters. The van der Waals surface area contributed by atoms with Crippen LogP contribution >= 0.6 is 0 Å². The van der Waals surface area contributed by atoms with E-state index < -0.39 is 0 Å². The Morgan fingerprint density at radius 2 is 2.18 bits per heavy atom. The normalized spacial score (nSPS) is 24.4. The largest absolute Gasteiger partial charge is 0.397 e. The lowest BCUT2D eigenvalue weighted by molar-refractivity contribution is 0.364. The van der Waals surface area contributed by atoms with Crippen LogP contribution in [0.5, 0.6) is 0 Å². The van der Waals surface area contributed by atoms with Crippen LogP contribution in [0.1, 0.15) is 32.3 Å². The van der Waals surface area contributed by atoms with Gasteiger partial charge in [-0.2, -0.15) is 5.26 Å². The highest BCUT2D eigenvalue weighted by Crippen LogP contribution is 2.32. The number of nitriles is 1. The Morgan fingerprint density at radius 3 is 2.82 bits per heavy atom. The predicted octanol–water partition coefficient (Wildman–Crippen LogP) is 2.77. The van der Waals surface area contributed by atoms with Gasteiger partial charge in [0.05, 0.1) is 23.0 Å². The highest BCUT2D eigenvalue weighted by Gasteiger charge is 2.25. The SMILES string of the molecule is CC1CCCN(c2ccc(C#N)cc2N)C1C. The Kier molecular flexibility index (Phi) is 3.23. The molecule has 0 radical (unpaired) electrons. The second-order valence-corrected chi connectivity index (χ2v) is 4.94. The first-order valence-corrected chi connectivity index (χ1v) is 6.19. The maximum atomic E-state index is 8.84. The van der Waals surface area contributed by atoms with Crippen molar-refractivity contribution in [3.05, 3.63) is 23.8 Å². The van der Waals surface area contributed by atoms with E-state index in [1.807, 2.05) is 12.1 Å². The Hall–Kier alpha value is -1.69. The van der Waals surface area contributed by atoms with Crippen molar-refractivity contribution in [1.29, 1.82) is 5.26 Å². The lowest BCUT2D eigenvalue weighted by Gasteiger charge is -2.40. The number of anilines is 2. The lowest BCUT2D eigenvalue weighted by atomic mass is 9.91. The molecule has 1 fully saturated rings. The van der Waals surface area contributed by atoms with E-state index in [4.69, 9.17) is 11.0 Å². The monoisotopic (exact) mass is 229 g/mol. The predicted molar refractivity (Wildman–Crippen MR) is 70.8 cm³/mol. The van der Waals surface area contributed by atoms with Gasteiger partial charge in [0, 0.05) is 12.6 Å². The number of hydrogen-bond acceptors (Lipinski definition) is 3. The Labute approximate surface area is 103 Å². The van der Waals surface area contributed by atoms with E-state index in [1.165, 1.54) is 12.8 Å². The van der Waals surface area contributed by atoms with Crippen LogP contribution in [0.15, 0.2) is 18.2 Å². The fraction of sp³-hybridized carbons (Fsp3) is 0.500. The van der Waals surface area contributed by atoms with Gasteiger partial charge in [-0.25, -0.2) is 0 Å². The molecule has 2 N–H and O–H groups in total. The average Bonchev–Trinajstić information content (AvgIpc) is 2.33. The summed E-state index contributed by atoms with van der Waals surface area (Å²) >= 11 is 0. The molecule has 0 saturated carbocycles. The van der Waals surface area contributed by atoms with Gasteiger partial charge in [-0.05, 0) is 43.9 Å². The van der Waals surface area contributed by atoms with Crippen molar-refractivity contribution in [3.63, 3.8) is 0 Å². The molecular formula is C14H19N3. The zero-order valence-corrected chi connectivity index (χ0v) is 10.5. The molecule has 0 amide bonds. The maximum Gasteiger partial charge on any atom is 0.0992 e. The summed E-state index contributed by atoms with van der Waals surface area (Å²) in [5.41, 5.74) is 8.46. The molecule has 3 heteroatoms. The molecule has 90 valence electrons. The van der Waals surface area contributed by atoms with E-state index in [-0.39, 0.29) is 0 Å². The van der Waals surface area contributed by atoms with Crippen molar-refractivity contribution in [2.45, 2.75) is 32.7 Å². The average molecular weight is 229 g/mol. The van der Waals surface area contributed by atoms with Gasteiger partial charge in [-0.15, -0.1) is 0 Å². The Morgan fingerprint density at radius 1 is 1.41 bits per heavy atom. The number of rotatable bonds is 1. The first-order valence-electron chi connectivity index (χ1n) is 6.19. The number of piperidine rings is 1. The third-order valence-corrected chi connectivity index (χ3v) is 3.84. The van der Waals surface area contributed by atoms with E-state index in [1.54, 1.807) is 6.07 Å². The minimum Gasteiger partial charge on any atom is -0.397 e. The summed E-state index contributed by atoms with van der Waals surface area (Å²) in [4.78, 5) is 2.37. The van der Waals surface area contributed by atoms with E-state index in [0.717, 1.165) is 12.2 Å². The molecular weight excluding hydrogens is 210 g/mol. The van der Waals surface area contributed by atoms with E-state index >= 15 is 0 Å². The quantitative estimate of drug-likeness (QED) is 0.753. The zero-order chi connectivity index (χ0) is 12.4. The maximum absolute atomic E-state index is 8.84. The minimum atomic E-state index is 0.513. The van der Waals surface area contributed by atoms with Crippen LogP contribution in [0, 0.1) is 17.2 Å². The van der Waals surface area contributed by atoms with Gasteiger partial charge in [0.15, 0.2) is 0 Å². The summed E-state index contributed by atoms with van der Waals surface area (Å²) in [6, 6.07) is 8.22. The molecule has 3 nitrogen and oxygen atoms in total. The van der Waals surface area contributed by atoms with Crippen molar-refractivity contribution < 1.29 is 0 Å². The molecule has 2 rings (SSSR count). The fourth-order valence-corrected chi connectivity index (χ4v) is 2.56. The number of benzene rings is 1. The van der Waals surface area contributed by atoms with Gasteiger partial charge in [-0.3, -0.25) is 0 Å². The first-order chi connectivity index (χ1) is 8.13. The summed E-state index contributed by atoms with van der Waals surface area (Å²) in [5.74, 6) is 0.693. The van der Waals surface area contributed by atoms with Gasteiger partial charge in [0.25, 0.3) is 0 Å². The molecule has 1 aliphatic heterocycles. The highest BCUT2D eigenvalue weighted by molar-refractivity contribution is 5.70. The smallest absolute Gasteiger partial charge is 0.0992 e. The number of hydrogen-bond donors (Lipinski definition) is 1. The van der Waals surface area contributed by atoms with Gasteiger partial charge in [0.2, 0.25) is 0 Å². The summed E-state index contributed by atoms with van der Waals surface area (Å²) < 4.78 is 0. The van der Waals surface area contributed by atoms with Crippen molar-refractivity contribution >= 4 is 11.4 Å². The lowest BCUT2D eigenvalue weighted by Crippen LogP contribution is -2.42. The van der Waals surface area contributed by atoms with Gasteiger partial charge in [-0.1, -0.05) is 6.92 Å². The molecule has 2 unspecified atom stereocenters. The van der Waals surface area contributed by atoms with Crippen molar-refractivity contribution in [2.24, 2.45) is 5.92 Å². The third kappa shape index (κ3) is 2.21. The Bertz CT molecular complexity index is 447. The molecule has 17 heavy (non-hydrogen) atoms. The number of nitrogens with two attached hydrogens (primary N) is 1. The van der Waals surface area contributed by atoms with Crippen LogP contribution in [-0.4, -0.2) is 12.6 Å². The fourth-order valence-electron chi connectivity index (χ4n) is 2.56.